The van der Waals surface area contributed by atoms with E-state index in [1.807, 2.05) is 0 Å². The van der Waals surface area contributed by atoms with E-state index in [0.29, 0.717) is 0 Å². The summed E-state index contributed by atoms with van der Waals surface area (Å²) in [5, 5.41) is 0. The molecule has 0 unspecified atom stereocenters. The second-order valence-corrected chi connectivity index (χ2v) is 2.89. The van der Waals surface area contributed by atoms with E-state index in [1.54, 1.807) is 6.92 Å². The van der Waals surface area contributed by atoms with Crippen LogP contribution in [0.15, 0.2) is 0 Å². The molecule has 0 bridgehead atoms. The third-order valence-electron chi connectivity index (χ3n) is 2.00. The fraction of sp³-hybridized carbons (Fsp3) is 0.857. The first-order valence-corrected chi connectivity index (χ1v) is 3.79. The van der Waals surface area contributed by atoms with E-state index in [4.69, 9.17) is 0 Å². The van der Waals surface area contributed by atoms with Crippen LogP contribution in [0.5, 0.6) is 0 Å². The van der Waals surface area contributed by atoms with Crippen LogP contribution in [-0.2, 0) is 4.79 Å². The van der Waals surface area contributed by atoms with Gasteiger partial charge in [-0.15, -0.1) is 0 Å². The number of nitrogens with zero attached hydrogens (tertiary/aromatic N) is 1. The van der Waals surface area contributed by atoms with Crippen LogP contribution in [0.25, 0.3) is 0 Å². The van der Waals surface area contributed by atoms with E-state index in [-0.39, 0.29) is 25.4 Å². The standard InChI is InChI=1S/C7H10F3NO/c1-2-6(12)11-3-5(4-11)7(8,9)10/h5H,2-4H2,1H3. The second-order valence-electron chi connectivity index (χ2n) is 2.89. The highest BCUT2D eigenvalue weighted by Crippen LogP contribution is 2.33. The molecule has 1 aliphatic rings. The normalized spacial score (nSPS) is 19.2. The van der Waals surface area contributed by atoms with E-state index in [2.05, 4.69) is 0 Å². The molecule has 1 amide bonds. The van der Waals surface area contributed by atoms with Gasteiger partial charge in [-0.05, 0) is 0 Å². The Morgan fingerprint density at radius 1 is 1.50 bits per heavy atom. The summed E-state index contributed by atoms with van der Waals surface area (Å²) >= 11 is 0. The minimum absolute atomic E-state index is 0.157. The number of carbonyl (C=O) groups is 1. The zero-order chi connectivity index (χ0) is 9.35. The average Bonchev–Trinajstić information content (AvgIpc) is 1.80. The van der Waals surface area contributed by atoms with E-state index >= 15 is 0 Å². The maximum absolute atomic E-state index is 11.9. The molecule has 1 heterocycles. The Bertz CT molecular complexity index is 184. The van der Waals surface area contributed by atoms with Crippen molar-refractivity contribution in [1.82, 2.24) is 4.90 Å². The molecule has 70 valence electrons. The summed E-state index contributed by atoms with van der Waals surface area (Å²) in [6.07, 6.45) is -3.85. The Kier molecular flexibility index (Phi) is 2.30. The first-order valence-electron chi connectivity index (χ1n) is 3.79. The van der Waals surface area contributed by atoms with Crippen LogP contribution in [0.1, 0.15) is 13.3 Å². The van der Waals surface area contributed by atoms with Gasteiger partial charge in [-0.1, -0.05) is 6.92 Å². The third kappa shape index (κ3) is 1.70. The zero-order valence-corrected chi connectivity index (χ0v) is 6.69. The maximum atomic E-state index is 11.9. The zero-order valence-electron chi connectivity index (χ0n) is 6.69. The number of hydrogen-bond donors (Lipinski definition) is 0. The lowest BCUT2D eigenvalue weighted by molar-refractivity contribution is -0.209. The lowest BCUT2D eigenvalue weighted by Crippen LogP contribution is -2.55. The molecule has 1 fully saturated rings. The molecule has 1 aliphatic heterocycles. The number of likely N-dealkylation sites (tertiary alicyclic amines) is 1. The van der Waals surface area contributed by atoms with Crippen molar-refractivity contribution in [1.29, 1.82) is 0 Å². The predicted molar refractivity (Wildman–Crippen MR) is 36.4 cm³/mol. The Morgan fingerprint density at radius 2 is 2.00 bits per heavy atom. The Hall–Kier alpha value is -0.740. The Morgan fingerprint density at radius 3 is 2.33 bits per heavy atom. The van der Waals surface area contributed by atoms with Crippen molar-refractivity contribution in [2.24, 2.45) is 5.92 Å². The van der Waals surface area contributed by atoms with Crippen LogP contribution in [0.3, 0.4) is 0 Å². The Balaban J connectivity index is 2.34. The van der Waals surface area contributed by atoms with Gasteiger partial charge >= 0.3 is 6.18 Å². The summed E-state index contributed by atoms with van der Waals surface area (Å²) in [6, 6.07) is 0. The van der Waals surface area contributed by atoms with Crippen molar-refractivity contribution < 1.29 is 18.0 Å². The number of halogens is 3. The molecule has 1 saturated heterocycles. The van der Waals surface area contributed by atoms with Gasteiger partial charge in [0.2, 0.25) is 5.91 Å². The largest absolute Gasteiger partial charge is 0.395 e. The Labute approximate surface area is 68.3 Å². The monoisotopic (exact) mass is 181 g/mol. The number of rotatable bonds is 1. The van der Waals surface area contributed by atoms with E-state index < -0.39 is 12.1 Å². The van der Waals surface area contributed by atoms with Crippen molar-refractivity contribution in [3.8, 4) is 0 Å². The molecule has 0 radical (unpaired) electrons. The van der Waals surface area contributed by atoms with Crippen LogP contribution in [0, 0.1) is 5.92 Å². The first-order chi connectivity index (χ1) is 5.45. The van der Waals surface area contributed by atoms with Gasteiger partial charge in [-0.3, -0.25) is 4.79 Å². The van der Waals surface area contributed by atoms with Crippen LogP contribution in [-0.4, -0.2) is 30.1 Å². The summed E-state index contributed by atoms with van der Waals surface area (Å²) in [4.78, 5) is 12.1. The minimum Gasteiger partial charge on any atom is -0.341 e. The summed E-state index contributed by atoms with van der Waals surface area (Å²) in [7, 11) is 0. The topological polar surface area (TPSA) is 20.3 Å². The molecule has 1 rings (SSSR count). The van der Waals surface area contributed by atoms with Crippen molar-refractivity contribution in [2.75, 3.05) is 13.1 Å². The van der Waals surface area contributed by atoms with Crippen LogP contribution in [0.2, 0.25) is 0 Å². The highest BCUT2D eigenvalue weighted by atomic mass is 19.4. The summed E-state index contributed by atoms with van der Waals surface area (Å²) < 4.78 is 35.7. The minimum atomic E-state index is -4.13. The van der Waals surface area contributed by atoms with Gasteiger partial charge in [0.05, 0.1) is 5.92 Å². The van der Waals surface area contributed by atoms with E-state index in [1.165, 1.54) is 4.90 Å². The SMILES string of the molecule is CCC(=O)N1CC(C(F)(F)F)C1. The molecule has 0 aromatic heterocycles. The summed E-state index contributed by atoms with van der Waals surface area (Å²) in [5.41, 5.74) is 0. The molecule has 0 aliphatic carbocycles. The van der Waals surface area contributed by atoms with Gasteiger partial charge in [-0.25, -0.2) is 0 Å². The second kappa shape index (κ2) is 2.95. The number of alkyl halides is 3. The van der Waals surface area contributed by atoms with Crippen molar-refractivity contribution in [3.05, 3.63) is 0 Å². The van der Waals surface area contributed by atoms with Crippen LogP contribution in [0.4, 0.5) is 13.2 Å². The highest BCUT2D eigenvalue weighted by molar-refractivity contribution is 5.76. The smallest absolute Gasteiger partial charge is 0.341 e. The highest BCUT2D eigenvalue weighted by Gasteiger charge is 2.48. The molecule has 0 spiro atoms. The van der Waals surface area contributed by atoms with E-state index in [0.717, 1.165) is 0 Å². The first kappa shape index (κ1) is 9.35. The van der Waals surface area contributed by atoms with Gasteiger partial charge in [0.15, 0.2) is 0 Å². The van der Waals surface area contributed by atoms with Crippen molar-refractivity contribution in [2.45, 2.75) is 19.5 Å². The average molecular weight is 181 g/mol. The third-order valence-corrected chi connectivity index (χ3v) is 2.00. The van der Waals surface area contributed by atoms with E-state index in [9.17, 15) is 18.0 Å². The molecule has 12 heavy (non-hydrogen) atoms. The lowest BCUT2D eigenvalue weighted by Gasteiger charge is -2.39. The molecular weight excluding hydrogens is 171 g/mol. The van der Waals surface area contributed by atoms with Gasteiger partial charge < -0.3 is 4.90 Å². The van der Waals surface area contributed by atoms with Gasteiger partial charge in [0.25, 0.3) is 0 Å². The quantitative estimate of drug-likeness (QED) is 0.599. The number of amides is 1. The molecular formula is C7H10F3NO. The summed E-state index contributed by atoms with van der Waals surface area (Å²) in [6.45, 7) is 1.33. The molecule has 0 saturated carbocycles. The lowest BCUT2D eigenvalue weighted by atomic mass is 9.99. The molecule has 5 heteroatoms. The number of carbonyl (C=O) groups excluding carboxylic acids is 1. The fourth-order valence-corrected chi connectivity index (χ4v) is 1.11. The predicted octanol–water partition coefficient (Wildman–Crippen LogP) is 1.42. The fourth-order valence-electron chi connectivity index (χ4n) is 1.11. The van der Waals surface area contributed by atoms with Crippen LogP contribution < -0.4 is 0 Å². The van der Waals surface area contributed by atoms with Gasteiger partial charge in [-0.2, -0.15) is 13.2 Å². The number of hydrogen-bond acceptors (Lipinski definition) is 1. The van der Waals surface area contributed by atoms with Gasteiger partial charge in [0, 0.05) is 19.5 Å². The summed E-state index contributed by atoms with van der Waals surface area (Å²) in [5.74, 6) is -1.50. The maximum Gasteiger partial charge on any atom is 0.395 e. The molecule has 0 N–H and O–H groups in total. The van der Waals surface area contributed by atoms with Gasteiger partial charge in [0.1, 0.15) is 0 Å². The molecule has 0 atom stereocenters. The molecule has 0 aromatic carbocycles. The van der Waals surface area contributed by atoms with Crippen molar-refractivity contribution >= 4 is 5.91 Å². The molecule has 2 nitrogen and oxygen atoms in total. The van der Waals surface area contributed by atoms with Crippen LogP contribution >= 0.6 is 0 Å². The van der Waals surface area contributed by atoms with Crippen molar-refractivity contribution in [3.63, 3.8) is 0 Å². The molecule has 0 aromatic rings.